The van der Waals surface area contributed by atoms with E-state index in [4.69, 9.17) is 9.47 Å². The molecule has 0 aliphatic rings. The Bertz CT molecular complexity index is 1290. The number of rotatable bonds is 11. The molecule has 4 aromatic rings. The van der Waals surface area contributed by atoms with Crippen LogP contribution in [0.25, 0.3) is 5.69 Å². The van der Waals surface area contributed by atoms with Crippen molar-refractivity contribution in [2.45, 2.75) is 39.0 Å². The zero-order valence-corrected chi connectivity index (χ0v) is 21.5. The van der Waals surface area contributed by atoms with Crippen molar-refractivity contribution in [2.24, 2.45) is 0 Å². The maximum atomic E-state index is 12.9. The van der Waals surface area contributed by atoms with Gasteiger partial charge in [0.05, 0.1) is 12.4 Å². The predicted molar refractivity (Wildman–Crippen MR) is 143 cm³/mol. The Morgan fingerprint density at radius 2 is 1.67 bits per heavy atom. The number of carbonyl (C=O) groups excluding carboxylic acids is 1. The van der Waals surface area contributed by atoms with Crippen LogP contribution in [0.5, 0.6) is 11.5 Å². The number of thioether (sulfide) groups is 1. The minimum Gasteiger partial charge on any atom is -0.494 e. The lowest BCUT2D eigenvalue weighted by Gasteiger charge is -2.14. The fourth-order valence-electron chi connectivity index (χ4n) is 3.78. The highest BCUT2D eigenvalue weighted by molar-refractivity contribution is 7.99. The van der Waals surface area contributed by atoms with Gasteiger partial charge in [-0.15, -0.1) is 10.2 Å². The van der Waals surface area contributed by atoms with E-state index in [1.807, 2.05) is 91.2 Å². The molecular weight excluding hydrogens is 472 g/mol. The molecule has 0 unspecified atom stereocenters. The average molecular weight is 503 g/mol. The molecule has 1 N–H and O–H groups in total. The van der Waals surface area contributed by atoms with E-state index in [0.29, 0.717) is 17.6 Å². The molecule has 4 rings (SSSR count). The number of anilines is 1. The highest BCUT2D eigenvalue weighted by atomic mass is 32.2. The summed E-state index contributed by atoms with van der Waals surface area (Å²) in [7, 11) is 0. The summed E-state index contributed by atoms with van der Waals surface area (Å²) in [6.07, 6.45) is 0.848. The van der Waals surface area contributed by atoms with E-state index < -0.39 is 0 Å². The van der Waals surface area contributed by atoms with Gasteiger partial charge < -0.3 is 14.8 Å². The zero-order chi connectivity index (χ0) is 25.3. The molecule has 1 amide bonds. The van der Waals surface area contributed by atoms with Gasteiger partial charge in [0.1, 0.15) is 18.1 Å². The zero-order valence-electron chi connectivity index (χ0n) is 20.7. The summed E-state index contributed by atoms with van der Waals surface area (Å²) in [5.74, 6) is 2.28. The molecule has 0 fully saturated rings. The van der Waals surface area contributed by atoms with Crippen LogP contribution in [-0.2, 0) is 17.8 Å². The van der Waals surface area contributed by atoms with Crippen LogP contribution in [0, 0.1) is 6.92 Å². The molecule has 0 saturated heterocycles. The first-order valence-corrected chi connectivity index (χ1v) is 12.9. The van der Waals surface area contributed by atoms with Crippen molar-refractivity contribution in [2.75, 3.05) is 17.7 Å². The van der Waals surface area contributed by atoms with Crippen LogP contribution in [0.4, 0.5) is 5.69 Å². The quantitative estimate of drug-likeness (QED) is 0.259. The third kappa shape index (κ3) is 6.26. The van der Waals surface area contributed by atoms with E-state index in [2.05, 4.69) is 22.4 Å². The number of hydrogen-bond acceptors (Lipinski definition) is 6. The highest BCUT2D eigenvalue weighted by Gasteiger charge is 2.17. The van der Waals surface area contributed by atoms with Gasteiger partial charge in [-0.05, 0) is 67.8 Å². The fraction of sp³-hybridized carbons (Fsp3) is 0.250. The molecule has 0 bridgehead atoms. The second-order valence-corrected chi connectivity index (χ2v) is 9.00. The molecule has 0 aliphatic heterocycles. The van der Waals surface area contributed by atoms with Crippen molar-refractivity contribution in [3.05, 3.63) is 89.7 Å². The first-order chi connectivity index (χ1) is 17.6. The number of amides is 1. The highest BCUT2D eigenvalue weighted by Crippen LogP contribution is 2.26. The number of carbonyl (C=O) groups is 1. The fourth-order valence-corrected chi connectivity index (χ4v) is 4.55. The Labute approximate surface area is 215 Å². The van der Waals surface area contributed by atoms with E-state index in [1.165, 1.54) is 11.8 Å². The number of hydrogen-bond donors (Lipinski definition) is 1. The molecular formula is C28H30N4O3S. The molecule has 186 valence electrons. The van der Waals surface area contributed by atoms with Crippen LogP contribution in [0.15, 0.2) is 78.0 Å². The minimum atomic E-state index is -0.0904. The predicted octanol–water partition coefficient (Wildman–Crippen LogP) is 5.85. The van der Waals surface area contributed by atoms with E-state index in [1.54, 1.807) is 0 Å². The van der Waals surface area contributed by atoms with Gasteiger partial charge in [0, 0.05) is 11.4 Å². The molecule has 0 atom stereocenters. The number of ether oxygens (including phenoxy) is 2. The standard InChI is InChI=1S/C28H30N4O3S/c1-4-21-11-9-10-20(3)27(21)29-26(33)19-36-28-31-30-25(18-35-23-12-7-6-8-13-23)32(28)22-14-16-24(17-15-22)34-5-2/h6-17H,4-5,18-19H2,1-3H3,(H,29,33). The van der Waals surface area contributed by atoms with Crippen LogP contribution < -0.4 is 14.8 Å². The van der Waals surface area contributed by atoms with Crippen molar-refractivity contribution in [1.82, 2.24) is 14.8 Å². The van der Waals surface area contributed by atoms with Gasteiger partial charge in [0.2, 0.25) is 5.91 Å². The first kappa shape index (κ1) is 25.3. The largest absolute Gasteiger partial charge is 0.494 e. The summed E-state index contributed by atoms with van der Waals surface area (Å²) in [6, 6.07) is 23.3. The van der Waals surface area contributed by atoms with Crippen LogP contribution in [0.3, 0.4) is 0 Å². The second kappa shape index (κ2) is 12.3. The summed E-state index contributed by atoms with van der Waals surface area (Å²) in [5.41, 5.74) is 3.91. The summed E-state index contributed by atoms with van der Waals surface area (Å²) < 4.78 is 13.4. The number of nitrogens with one attached hydrogen (secondary N) is 1. The number of aromatic nitrogens is 3. The average Bonchev–Trinajstić information content (AvgIpc) is 3.31. The van der Waals surface area contributed by atoms with Crippen LogP contribution in [0.1, 0.15) is 30.8 Å². The van der Waals surface area contributed by atoms with Gasteiger partial charge in [-0.1, -0.05) is 55.1 Å². The summed E-state index contributed by atoms with van der Waals surface area (Å²) in [6.45, 7) is 6.87. The monoisotopic (exact) mass is 502 g/mol. The van der Waals surface area contributed by atoms with Crippen molar-refractivity contribution in [3.63, 3.8) is 0 Å². The molecule has 1 heterocycles. The van der Waals surface area contributed by atoms with Crippen molar-refractivity contribution < 1.29 is 14.3 Å². The van der Waals surface area contributed by atoms with Crippen LogP contribution >= 0.6 is 11.8 Å². The van der Waals surface area contributed by atoms with Crippen molar-refractivity contribution >= 4 is 23.4 Å². The number of aryl methyl sites for hydroxylation is 2. The Hall–Kier alpha value is -3.78. The van der Waals surface area contributed by atoms with Gasteiger partial charge in [-0.3, -0.25) is 9.36 Å². The first-order valence-electron chi connectivity index (χ1n) is 12.0. The molecule has 0 saturated carbocycles. The smallest absolute Gasteiger partial charge is 0.234 e. The van der Waals surface area contributed by atoms with Gasteiger partial charge in [0.25, 0.3) is 0 Å². The molecule has 0 aliphatic carbocycles. The summed E-state index contributed by atoms with van der Waals surface area (Å²) in [5, 5.41) is 12.4. The SMILES string of the molecule is CCOc1ccc(-n2c(COc3ccccc3)nnc2SCC(=O)Nc2c(C)cccc2CC)cc1. The molecule has 1 aromatic heterocycles. The van der Waals surface area contributed by atoms with Crippen molar-refractivity contribution in [3.8, 4) is 17.2 Å². The van der Waals surface area contributed by atoms with Gasteiger partial charge >= 0.3 is 0 Å². The van der Waals surface area contributed by atoms with E-state index in [9.17, 15) is 4.79 Å². The maximum absolute atomic E-state index is 12.9. The number of benzene rings is 3. The van der Waals surface area contributed by atoms with Crippen LogP contribution in [0.2, 0.25) is 0 Å². The Kier molecular flexibility index (Phi) is 8.62. The molecule has 36 heavy (non-hydrogen) atoms. The second-order valence-electron chi connectivity index (χ2n) is 8.06. The normalized spacial score (nSPS) is 10.8. The van der Waals surface area contributed by atoms with Gasteiger partial charge in [-0.2, -0.15) is 0 Å². The molecule has 0 spiro atoms. The van der Waals surface area contributed by atoms with Gasteiger partial charge in [-0.25, -0.2) is 0 Å². The third-order valence-corrected chi connectivity index (χ3v) is 6.48. The van der Waals surface area contributed by atoms with E-state index in [0.717, 1.165) is 40.4 Å². The lowest BCUT2D eigenvalue weighted by molar-refractivity contribution is -0.113. The van der Waals surface area contributed by atoms with Crippen LogP contribution in [-0.4, -0.2) is 33.0 Å². The third-order valence-electron chi connectivity index (χ3n) is 5.55. The topological polar surface area (TPSA) is 78.3 Å². The Morgan fingerprint density at radius 3 is 2.39 bits per heavy atom. The Morgan fingerprint density at radius 1 is 0.917 bits per heavy atom. The van der Waals surface area contributed by atoms with Gasteiger partial charge in [0.15, 0.2) is 11.0 Å². The van der Waals surface area contributed by atoms with E-state index in [-0.39, 0.29) is 18.3 Å². The summed E-state index contributed by atoms with van der Waals surface area (Å²) >= 11 is 1.34. The molecule has 8 heteroatoms. The van der Waals surface area contributed by atoms with Crippen molar-refractivity contribution in [1.29, 1.82) is 0 Å². The summed E-state index contributed by atoms with van der Waals surface area (Å²) in [4.78, 5) is 12.9. The maximum Gasteiger partial charge on any atom is 0.234 e. The Balaban J connectivity index is 1.53. The molecule has 7 nitrogen and oxygen atoms in total. The van der Waals surface area contributed by atoms with E-state index >= 15 is 0 Å². The lowest BCUT2D eigenvalue weighted by atomic mass is 10.1. The molecule has 0 radical (unpaired) electrons. The lowest BCUT2D eigenvalue weighted by Crippen LogP contribution is -2.16. The number of nitrogens with zero attached hydrogens (tertiary/aromatic N) is 3. The number of para-hydroxylation sites is 2. The molecule has 3 aromatic carbocycles. The minimum absolute atomic E-state index is 0.0904.